The average molecular weight is 304 g/mol. The first-order valence-electron chi connectivity index (χ1n) is 5.62. The van der Waals surface area contributed by atoms with Gasteiger partial charge in [0.1, 0.15) is 6.61 Å². The van der Waals surface area contributed by atoms with Crippen LogP contribution in [0.1, 0.15) is 20.3 Å². The first kappa shape index (κ1) is 20.9. The van der Waals surface area contributed by atoms with Gasteiger partial charge in [0.05, 0.1) is 6.42 Å². The van der Waals surface area contributed by atoms with E-state index in [1.54, 1.807) is 6.92 Å². The Bertz CT molecular complexity index is 402. The molecule has 0 aromatic carbocycles. The third-order valence-electron chi connectivity index (χ3n) is 1.95. The standard InChI is InChI=1S/C7H10O4.C3H7O3S.Na/c1-2-3-7(10)11-5-4-6(8)9;1-3(2)7(4,5)6;/h2-3H,4-5H2,1H3,(H,8,9);3H,1H2,2H3,(H,4,5,6);. The molecule has 0 aliphatic heterocycles. The van der Waals surface area contributed by atoms with E-state index in [-0.39, 0.29) is 13.0 Å². The minimum atomic E-state index is -3.72. The van der Waals surface area contributed by atoms with Gasteiger partial charge in [-0.3, -0.25) is 4.79 Å². The molecule has 0 aliphatic carbocycles. The van der Waals surface area contributed by atoms with E-state index in [2.05, 4.69) is 4.74 Å². The summed E-state index contributed by atoms with van der Waals surface area (Å²) in [7, 11) is -3.72. The van der Waals surface area contributed by atoms with Crippen LogP contribution < -0.4 is 0 Å². The molecule has 0 bridgehead atoms. The third-order valence-corrected chi connectivity index (χ3v) is 5.11. The number of carboxylic acid groups (broad SMARTS) is 1. The fourth-order valence-corrected chi connectivity index (χ4v) is 2.32. The molecule has 2 N–H and O–H groups in total. The van der Waals surface area contributed by atoms with Crippen molar-refractivity contribution in [2.75, 3.05) is 6.61 Å². The molecule has 19 heavy (non-hydrogen) atoms. The molecule has 0 radical (unpaired) electrons. The Morgan fingerprint density at radius 3 is 2.21 bits per heavy atom. The molecule has 0 aromatic rings. The quantitative estimate of drug-likeness (QED) is 0.316. The molecular weight excluding hydrogens is 287 g/mol. The summed E-state index contributed by atoms with van der Waals surface area (Å²) < 4.78 is 33.6. The molecule has 0 fully saturated rings. The molecule has 0 aromatic heterocycles. The molecule has 7 nitrogen and oxygen atoms in total. The molecule has 1 unspecified atom stereocenters. The number of carbonyl (C=O) groups is 2. The Kier molecular flexibility index (Phi) is 12.6. The summed E-state index contributed by atoms with van der Waals surface area (Å²) >= 11 is 0.814. The van der Waals surface area contributed by atoms with E-state index in [0.29, 0.717) is 3.67 Å². The second-order valence-electron chi connectivity index (χ2n) is 3.55. The van der Waals surface area contributed by atoms with Crippen LogP contribution in [0, 0.1) is 0 Å². The summed E-state index contributed by atoms with van der Waals surface area (Å²) in [6.07, 6.45) is 2.62. The number of hydrogen-bond acceptors (Lipinski definition) is 5. The molecule has 0 rings (SSSR count). The molecular formula is C10H17NaO7S. The van der Waals surface area contributed by atoms with E-state index in [4.69, 9.17) is 9.66 Å². The number of esters is 1. The van der Waals surface area contributed by atoms with Gasteiger partial charge in [0, 0.05) is 6.08 Å². The number of ether oxygens (including phenoxy) is 1. The SMILES string of the molecule is CC([CH2][Na])S(=O)(=O)O.CC=CC(=O)OCCC(=O)O. The summed E-state index contributed by atoms with van der Waals surface area (Å²) in [5.74, 6) is -1.48. The Labute approximate surface area is 130 Å². The van der Waals surface area contributed by atoms with E-state index in [0.717, 1.165) is 27.9 Å². The first-order chi connectivity index (χ1) is 8.65. The molecule has 0 amide bonds. The zero-order valence-corrected chi connectivity index (χ0v) is 14.0. The normalized spacial score (nSPS) is 12.5. The van der Waals surface area contributed by atoms with Crippen LogP contribution in [0.2, 0.25) is 3.67 Å². The predicted molar refractivity (Wildman–Crippen MR) is 69.6 cm³/mol. The molecule has 0 saturated carbocycles. The predicted octanol–water partition coefficient (Wildman–Crippen LogP) is 0.430. The monoisotopic (exact) mass is 304 g/mol. The Morgan fingerprint density at radius 1 is 1.42 bits per heavy atom. The van der Waals surface area contributed by atoms with Gasteiger partial charge in [-0.15, -0.1) is 0 Å². The minimum absolute atomic E-state index is 0.0709. The van der Waals surface area contributed by atoms with Crippen molar-refractivity contribution in [3.8, 4) is 0 Å². The van der Waals surface area contributed by atoms with Gasteiger partial charge < -0.3 is 9.84 Å². The number of carboxylic acids is 1. The van der Waals surface area contributed by atoms with Crippen molar-refractivity contribution in [2.45, 2.75) is 29.2 Å². The fourth-order valence-electron chi connectivity index (χ4n) is 0.634. The summed E-state index contributed by atoms with van der Waals surface area (Å²) in [4.78, 5) is 20.5. The van der Waals surface area contributed by atoms with Gasteiger partial charge in [-0.25, -0.2) is 4.79 Å². The van der Waals surface area contributed by atoms with Crippen molar-refractivity contribution in [2.24, 2.45) is 0 Å². The van der Waals surface area contributed by atoms with Gasteiger partial charge in [0.2, 0.25) is 0 Å². The van der Waals surface area contributed by atoms with Gasteiger partial charge in [-0.1, -0.05) is 6.08 Å². The molecule has 0 spiro atoms. The smallest absolute Gasteiger partial charge is 0.330 e. The number of hydrogen-bond donors (Lipinski definition) is 2. The van der Waals surface area contributed by atoms with E-state index in [1.165, 1.54) is 19.1 Å². The second kappa shape index (κ2) is 11.4. The fraction of sp³-hybridized carbons (Fsp3) is 0.600. The maximum absolute atomic E-state index is 10.5. The van der Waals surface area contributed by atoms with Gasteiger partial charge in [0.15, 0.2) is 0 Å². The Morgan fingerprint density at radius 2 is 1.95 bits per heavy atom. The van der Waals surface area contributed by atoms with Crippen LogP contribution in [-0.2, 0) is 24.4 Å². The maximum atomic E-state index is 10.5. The first-order valence-corrected chi connectivity index (χ1v) is 8.54. The summed E-state index contributed by atoms with van der Waals surface area (Å²) in [5.41, 5.74) is 0. The van der Waals surface area contributed by atoms with Gasteiger partial charge in [-0.05, 0) is 6.92 Å². The van der Waals surface area contributed by atoms with Crippen molar-refractivity contribution in [1.82, 2.24) is 0 Å². The number of aliphatic carboxylic acids is 1. The van der Waals surface area contributed by atoms with Crippen molar-refractivity contribution >= 4 is 50.0 Å². The molecule has 0 saturated heterocycles. The van der Waals surface area contributed by atoms with E-state index < -0.39 is 27.3 Å². The van der Waals surface area contributed by atoms with Crippen molar-refractivity contribution < 1.29 is 32.4 Å². The van der Waals surface area contributed by atoms with Crippen LogP contribution in [0.15, 0.2) is 12.2 Å². The zero-order chi connectivity index (χ0) is 15.5. The largest absolute Gasteiger partial charge is 0.481 e. The van der Waals surface area contributed by atoms with E-state index in [1.807, 2.05) is 0 Å². The number of allylic oxidation sites excluding steroid dienone is 1. The van der Waals surface area contributed by atoms with Crippen LogP contribution in [-0.4, -0.2) is 69.8 Å². The molecule has 1 atom stereocenters. The minimum Gasteiger partial charge on any atom is -0.481 e. The Balaban J connectivity index is 0. The number of rotatable bonds is 6. The molecule has 0 aliphatic rings. The van der Waals surface area contributed by atoms with Crippen LogP contribution in [0.3, 0.4) is 0 Å². The van der Waals surface area contributed by atoms with Crippen molar-refractivity contribution in [3.05, 3.63) is 12.2 Å². The summed E-state index contributed by atoms with van der Waals surface area (Å²) in [6.45, 7) is 3.11. The van der Waals surface area contributed by atoms with Crippen LogP contribution in [0.4, 0.5) is 0 Å². The van der Waals surface area contributed by atoms with Crippen LogP contribution in [0.25, 0.3) is 0 Å². The summed E-state index contributed by atoms with van der Waals surface area (Å²) in [5, 5.41) is 7.59. The summed E-state index contributed by atoms with van der Waals surface area (Å²) in [6, 6.07) is 0. The number of carbonyl (C=O) groups excluding carboxylic acids is 1. The van der Waals surface area contributed by atoms with Crippen LogP contribution >= 0.6 is 0 Å². The Hall–Kier alpha value is -0.410. The van der Waals surface area contributed by atoms with E-state index >= 15 is 0 Å². The maximum Gasteiger partial charge on any atom is 0.330 e. The van der Waals surface area contributed by atoms with Crippen molar-refractivity contribution in [3.63, 3.8) is 0 Å². The van der Waals surface area contributed by atoms with Crippen molar-refractivity contribution in [1.29, 1.82) is 0 Å². The average Bonchev–Trinajstić information content (AvgIpc) is 2.27. The van der Waals surface area contributed by atoms with Gasteiger partial charge in [-0.2, -0.15) is 0 Å². The molecule has 0 heterocycles. The second-order valence-corrected chi connectivity index (χ2v) is 6.20. The van der Waals surface area contributed by atoms with E-state index in [9.17, 15) is 18.0 Å². The molecule has 9 heteroatoms. The van der Waals surface area contributed by atoms with Crippen LogP contribution in [0.5, 0.6) is 0 Å². The third kappa shape index (κ3) is 15.5. The van der Waals surface area contributed by atoms with Gasteiger partial charge >= 0.3 is 78.8 Å². The molecule has 106 valence electrons. The topological polar surface area (TPSA) is 118 Å². The van der Waals surface area contributed by atoms with Gasteiger partial charge in [0.25, 0.3) is 0 Å². The zero-order valence-electron chi connectivity index (χ0n) is 11.2.